The van der Waals surface area contributed by atoms with Gasteiger partial charge in [0.1, 0.15) is 11.5 Å². The summed E-state index contributed by atoms with van der Waals surface area (Å²) >= 11 is 1.50. The van der Waals surface area contributed by atoms with Crippen molar-refractivity contribution in [1.82, 2.24) is 9.97 Å². The van der Waals surface area contributed by atoms with E-state index < -0.39 is 0 Å². The summed E-state index contributed by atoms with van der Waals surface area (Å²) in [5.74, 6) is 0.572. The highest BCUT2D eigenvalue weighted by molar-refractivity contribution is 7.08. The Bertz CT molecular complexity index is 451. The molecule has 0 saturated heterocycles. The molecule has 0 aliphatic rings. The molecule has 2 heterocycles. The number of aromatic nitrogens is 2. The predicted molar refractivity (Wildman–Crippen MR) is 54.5 cm³/mol. The number of nitrogens with zero attached hydrogens (tertiary/aromatic N) is 2. The number of hydrogen-bond donors (Lipinski definition) is 0. The van der Waals surface area contributed by atoms with Gasteiger partial charge in [0.25, 0.3) is 0 Å². The molecule has 0 bridgehead atoms. The molecule has 2 rings (SSSR count). The molecule has 2 aromatic heterocycles. The molecular formula is C10H8N2OS. The molecule has 0 aliphatic heterocycles. The number of hydrogen-bond acceptors (Lipinski definition) is 4. The Morgan fingerprint density at radius 2 is 2.29 bits per heavy atom. The van der Waals surface area contributed by atoms with Gasteiger partial charge in [-0.05, 0) is 24.4 Å². The van der Waals surface area contributed by atoms with Crippen molar-refractivity contribution in [3.63, 3.8) is 0 Å². The van der Waals surface area contributed by atoms with Crippen molar-refractivity contribution in [2.75, 3.05) is 0 Å². The third-order valence-electron chi connectivity index (χ3n) is 1.79. The van der Waals surface area contributed by atoms with E-state index in [9.17, 15) is 4.79 Å². The Labute approximate surface area is 85.5 Å². The Hall–Kier alpha value is -1.55. The van der Waals surface area contributed by atoms with E-state index in [-0.39, 0.29) is 5.78 Å². The molecule has 0 atom stereocenters. The quantitative estimate of drug-likeness (QED) is 0.703. The highest BCUT2D eigenvalue weighted by Gasteiger charge is 2.10. The van der Waals surface area contributed by atoms with Gasteiger partial charge in [-0.25, -0.2) is 9.97 Å². The summed E-state index contributed by atoms with van der Waals surface area (Å²) in [5, 5.41) is 3.70. The van der Waals surface area contributed by atoms with Gasteiger partial charge in [0.2, 0.25) is 5.78 Å². The summed E-state index contributed by atoms with van der Waals surface area (Å²) in [6.45, 7) is 1.77. The fourth-order valence-electron chi connectivity index (χ4n) is 1.12. The van der Waals surface area contributed by atoms with Crippen molar-refractivity contribution in [3.8, 4) is 0 Å². The fourth-order valence-corrected chi connectivity index (χ4v) is 1.76. The van der Waals surface area contributed by atoms with E-state index in [1.54, 1.807) is 25.3 Å². The Morgan fingerprint density at radius 1 is 1.43 bits per heavy atom. The van der Waals surface area contributed by atoms with Gasteiger partial charge in [-0.2, -0.15) is 11.3 Å². The standard InChI is InChI=1S/C10H8N2OS/c1-7-11-4-2-9(12-7)10(13)8-3-5-14-6-8/h2-6H,1H3. The van der Waals surface area contributed by atoms with Crippen molar-refractivity contribution in [2.45, 2.75) is 6.92 Å². The number of carbonyl (C=O) groups is 1. The van der Waals surface area contributed by atoms with Gasteiger partial charge < -0.3 is 0 Å². The Morgan fingerprint density at radius 3 is 2.93 bits per heavy atom. The molecule has 70 valence electrons. The number of aryl methyl sites for hydroxylation is 1. The minimum absolute atomic E-state index is 0.0447. The second kappa shape index (κ2) is 3.67. The van der Waals surface area contributed by atoms with Crippen LogP contribution in [-0.4, -0.2) is 15.8 Å². The lowest BCUT2D eigenvalue weighted by atomic mass is 10.1. The average molecular weight is 204 g/mol. The topological polar surface area (TPSA) is 42.9 Å². The first kappa shape index (κ1) is 9.02. The lowest BCUT2D eigenvalue weighted by Crippen LogP contribution is -2.04. The molecule has 0 aliphatic carbocycles. The summed E-state index contributed by atoms with van der Waals surface area (Å²) in [6.07, 6.45) is 1.60. The summed E-state index contributed by atoms with van der Waals surface area (Å²) in [5.41, 5.74) is 1.14. The van der Waals surface area contributed by atoms with Crippen LogP contribution in [0.4, 0.5) is 0 Å². The fraction of sp³-hybridized carbons (Fsp3) is 0.100. The smallest absolute Gasteiger partial charge is 0.212 e. The van der Waals surface area contributed by atoms with E-state index in [0.717, 1.165) is 0 Å². The molecule has 0 radical (unpaired) electrons. The van der Waals surface area contributed by atoms with Crippen LogP contribution in [0.25, 0.3) is 0 Å². The first-order valence-electron chi connectivity index (χ1n) is 4.14. The van der Waals surface area contributed by atoms with Gasteiger partial charge in [0, 0.05) is 17.1 Å². The van der Waals surface area contributed by atoms with Crippen LogP contribution in [0.3, 0.4) is 0 Å². The second-order valence-corrected chi connectivity index (χ2v) is 3.61. The van der Waals surface area contributed by atoms with Crippen LogP contribution in [0, 0.1) is 6.92 Å². The van der Waals surface area contributed by atoms with Crippen LogP contribution in [0.2, 0.25) is 0 Å². The van der Waals surface area contributed by atoms with Gasteiger partial charge in [0.15, 0.2) is 0 Å². The Balaban J connectivity index is 2.37. The SMILES string of the molecule is Cc1nccc(C(=O)c2ccsc2)n1. The van der Waals surface area contributed by atoms with E-state index >= 15 is 0 Å². The van der Waals surface area contributed by atoms with Crippen LogP contribution in [0.15, 0.2) is 29.1 Å². The van der Waals surface area contributed by atoms with Crippen LogP contribution in [0.5, 0.6) is 0 Å². The minimum atomic E-state index is -0.0447. The molecule has 4 heteroatoms. The second-order valence-electron chi connectivity index (χ2n) is 2.83. The van der Waals surface area contributed by atoms with Crippen molar-refractivity contribution in [1.29, 1.82) is 0 Å². The summed E-state index contributed by atoms with van der Waals surface area (Å²) in [4.78, 5) is 19.8. The van der Waals surface area contributed by atoms with Crippen molar-refractivity contribution >= 4 is 17.1 Å². The third kappa shape index (κ3) is 1.70. The van der Waals surface area contributed by atoms with Crippen LogP contribution in [0.1, 0.15) is 21.9 Å². The van der Waals surface area contributed by atoms with Gasteiger partial charge >= 0.3 is 0 Å². The van der Waals surface area contributed by atoms with Gasteiger partial charge in [0.05, 0.1) is 0 Å². The molecule has 2 aromatic rings. The first-order valence-corrected chi connectivity index (χ1v) is 5.08. The molecule has 0 fully saturated rings. The normalized spacial score (nSPS) is 10.1. The van der Waals surface area contributed by atoms with Crippen LogP contribution < -0.4 is 0 Å². The van der Waals surface area contributed by atoms with Crippen LogP contribution >= 0.6 is 11.3 Å². The lowest BCUT2D eigenvalue weighted by molar-refractivity contribution is 0.103. The zero-order valence-corrected chi connectivity index (χ0v) is 8.41. The molecule has 0 amide bonds. The summed E-state index contributed by atoms with van der Waals surface area (Å²) in [6, 6.07) is 3.43. The predicted octanol–water partition coefficient (Wildman–Crippen LogP) is 2.08. The maximum absolute atomic E-state index is 11.8. The third-order valence-corrected chi connectivity index (χ3v) is 2.48. The summed E-state index contributed by atoms with van der Waals surface area (Å²) in [7, 11) is 0. The molecule has 0 spiro atoms. The monoisotopic (exact) mass is 204 g/mol. The van der Waals surface area contributed by atoms with E-state index in [1.807, 2.05) is 10.8 Å². The molecule has 0 saturated carbocycles. The number of thiophene rings is 1. The van der Waals surface area contributed by atoms with E-state index in [2.05, 4.69) is 9.97 Å². The maximum atomic E-state index is 11.8. The number of rotatable bonds is 2. The maximum Gasteiger partial charge on any atom is 0.212 e. The summed E-state index contributed by atoms with van der Waals surface area (Å²) < 4.78 is 0. The minimum Gasteiger partial charge on any atom is -0.287 e. The molecule has 0 aromatic carbocycles. The molecular weight excluding hydrogens is 196 g/mol. The van der Waals surface area contributed by atoms with Crippen LogP contribution in [-0.2, 0) is 0 Å². The van der Waals surface area contributed by atoms with Crippen molar-refractivity contribution in [3.05, 3.63) is 46.2 Å². The van der Waals surface area contributed by atoms with E-state index in [4.69, 9.17) is 0 Å². The zero-order valence-electron chi connectivity index (χ0n) is 7.60. The van der Waals surface area contributed by atoms with Crippen molar-refractivity contribution in [2.24, 2.45) is 0 Å². The number of ketones is 1. The highest BCUT2D eigenvalue weighted by Crippen LogP contribution is 2.10. The van der Waals surface area contributed by atoms with Gasteiger partial charge in [-0.3, -0.25) is 4.79 Å². The number of carbonyl (C=O) groups excluding carboxylic acids is 1. The van der Waals surface area contributed by atoms with E-state index in [0.29, 0.717) is 17.1 Å². The van der Waals surface area contributed by atoms with E-state index in [1.165, 1.54) is 11.3 Å². The zero-order chi connectivity index (χ0) is 9.97. The molecule has 14 heavy (non-hydrogen) atoms. The van der Waals surface area contributed by atoms with Crippen molar-refractivity contribution < 1.29 is 4.79 Å². The lowest BCUT2D eigenvalue weighted by Gasteiger charge is -1.97. The Kier molecular flexibility index (Phi) is 2.37. The van der Waals surface area contributed by atoms with Gasteiger partial charge in [-0.1, -0.05) is 0 Å². The molecule has 3 nitrogen and oxygen atoms in total. The molecule has 0 N–H and O–H groups in total. The van der Waals surface area contributed by atoms with Gasteiger partial charge in [-0.15, -0.1) is 0 Å². The highest BCUT2D eigenvalue weighted by atomic mass is 32.1. The largest absolute Gasteiger partial charge is 0.287 e. The molecule has 0 unspecified atom stereocenters. The first-order chi connectivity index (χ1) is 6.77. The average Bonchev–Trinajstić information content (AvgIpc) is 2.69.